The number of fused-ring (bicyclic) bond motifs is 1. The van der Waals surface area contributed by atoms with Gasteiger partial charge in [0.1, 0.15) is 5.60 Å². The minimum atomic E-state index is -0.443. The molecule has 1 aromatic heterocycles. The van der Waals surface area contributed by atoms with Gasteiger partial charge in [-0.1, -0.05) is 23.4 Å². The van der Waals surface area contributed by atoms with Gasteiger partial charge in [-0.2, -0.15) is 0 Å². The Bertz CT molecular complexity index is 827. The smallest absolute Gasteiger partial charge is 0.410 e. The van der Waals surface area contributed by atoms with E-state index < -0.39 is 5.60 Å². The fourth-order valence-electron chi connectivity index (χ4n) is 3.57. The van der Waals surface area contributed by atoms with Crippen LogP contribution in [0.15, 0.2) is 28.8 Å². The Kier molecular flexibility index (Phi) is 6.39. The quantitative estimate of drug-likeness (QED) is 0.826. The van der Waals surface area contributed by atoms with Crippen molar-refractivity contribution in [3.8, 4) is 0 Å². The Morgan fingerprint density at radius 2 is 2.11 bits per heavy atom. The molecule has 0 unspecified atom stereocenters. The van der Waals surface area contributed by atoms with Crippen molar-refractivity contribution in [1.82, 2.24) is 10.1 Å². The summed E-state index contributed by atoms with van der Waals surface area (Å²) in [5, 5.41) is 5.36. The number of nitrogens with zero attached hydrogens (tertiary/aromatic N) is 2. The van der Waals surface area contributed by atoms with Crippen molar-refractivity contribution >= 4 is 23.1 Å². The first-order valence-electron chi connectivity index (χ1n) is 10.1. The SMILES string of the molecule is CC(C)(C)OC(=O)N1CCC(CCc2noc3cc(C=CCN)ccc23)CC1. The molecule has 6 heteroatoms. The molecule has 0 saturated carbocycles. The van der Waals surface area contributed by atoms with Gasteiger partial charge in [0.15, 0.2) is 5.58 Å². The minimum Gasteiger partial charge on any atom is -0.444 e. The van der Waals surface area contributed by atoms with Gasteiger partial charge in [-0.25, -0.2) is 4.79 Å². The van der Waals surface area contributed by atoms with Gasteiger partial charge in [-0.15, -0.1) is 0 Å². The lowest BCUT2D eigenvalue weighted by molar-refractivity contribution is 0.0181. The van der Waals surface area contributed by atoms with Crippen molar-refractivity contribution in [3.05, 3.63) is 35.5 Å². The van der Waals surface area contributed by atoms with Gasteiger partial charge in [0.2, 0.25) is 0 Å². The molecule has 1 aliphatic heterocycles. The zero-order chi connectivity index (χ0) is 20.1. The molecule has 0 bridgehead atoms. The van der Waals surface area contributed by atoms with Crippen LogP contribution >= 0.6 is 0 Å². The monoisotopic (exact) mass is 385 g/mol. The molecule has 1 aromatic carbocycles. The zero-order valence-corrected chi connectivity index (χ0v) is 17.1. The van der Waals surface area contributed by atoms with Crippen LogP contribution in [0.2, 0.25) is 0 Å². The highest BCUT2D eigenvalue weighted by Crippen LogP contribution is 2.26. The standard InChI is InChI=1S/C22H31N3O3/c1-22(2,3)27-21(26)25-13-10-16(11-14-25)7-9-19-18-8-6-17(5-4-12-23)15-20(18)28-24-19/h4-6,8,15-16H,7,9-14,23H2,1-3H3. The van der Waals surface area contributed by atoms with E-state index in [0.717, 1.165) is 61.0 Å². The summed E-state index contributed by atoms with van der Waals surface area (Å²) >= 11 is 0. The summed E-state index contributed by atoms with van der Waals surface area (Å²) in [6, 6.07) is 6.13. The van der Waals surface area contributed by atoms with Crippen molar-refractivity contribution in [3.63, 3.8) is 0 Å². The van der Waals surface area contributed by atoms with Gasteiger partial charge in [-0.3, -0.25) is 0 Å². The highest BCUT2D eigenvalue weighted by molar-refractivity contribution is 5.81. The molecule has 2 heterocycles. The number of piperidine rings is 1. The summed E-state index contributed by atoms with van der Waals surface area (Å²) in [6.45, 7) is 7.74. The number of benzene rings is 1. The molecular formula is C22H31N3O3. The van der Waals surface area contributed by atoms with Crippen molar-refractivity contribution in [1.29, 1.82) is 0 Å². The van der Waals surface area contributed by atoms with E-state index in [1.165, 1.54) is 0 Å². The number of carbonyl (C=O) groups excluding carboxylic acids is 1. The number of likely N-dealkylation sites (tertiary alicyclic amines) is 1. The predicted molar refractivity (Wildman–Crippen MR) is 111 cm³/mol. The lowest BCUT2D eigenvalue weighted by Crippen LogP contribution is -2.41. The highest BCUT2D eigenvalue weighted by Gasteiger charge is 2.27. The molecule has 28 heavy (non-hydrogen) atoms. The lowest BCUT2D eigenvalue weighted by Gasteiger charge is -2.33. The summed E-state index contributed by atoms with van der Waals surface area (Å²) in [4.78, 5) is 14.0. The molecule has 0 radical (unpaired) electrons. The first kappa shape index (κ1) is 20.4. The molecule has 0 atom stereocenters. The second kappa shape index (κ2) is 8.78. The second-order valence-electron chi connectivity index (χ2n) is 8.47. The maximum absolute atomic E-state index is 12.2. The van der Waals surface area contributed by atoms with Crippen molar-refractivity contribution < 1.29 is 14.1 Å². The van der Waals surface area contributed by atoms with E-state index in [9.17, 15) is 4.79 Å². The van der Waals surface area contributed by atoms with Crippen LogP contribution in [0.4, 0.5) is 4.79 Å². The number of aryl methyl sites for hydroxylation is 1. The normalized spacial score (nSPS) is 16.2. The van der Waals surface area contributed by atoms with Crippen LogP contribution in [0, 0.1) is 5.92 Å². The van der Waals surface area contributed by atoms with Crippen LogP contribution in [-0.4, -0.2) is 41.4 Å². The molecule has 0 aliphatic carbocycles. The van der Waals surface area contributed by atoms with Gasteiger partial charge in [-0.05, 0) is 70.1 Å². The summed E-state index contributed by atoms with van der Waals surface area (Å²) in [6.07, 6.45) is 7.66. The van der Waals surface area contributed by atoms with Crippen molar-refractivity contribution in [2.24, 2.45) is 11.7 Å². The molecule has 0 spiro atoms. The predicted octanol–water partition coefficient (Wildman–Crippen LogP) is 4.38. The Morgan fingerprint density at radius 3 is 2.79 bits per heavy atom. The molecule has 6 nitrogen and oxygen atoms in total. The average molecular weight is 386 g/mol. The molecule has 3 rings (SSSR count). The molecule has 2 aromatic rings. The first-order chi connectivity index (χ1) is 13.4. The number of aromatic nitrogens is 1. The van der Waals surface area contributed by atoms with Crippen LogP contribution in [0.1, 0.15) is 51.3 Å². The van der Waals surface area contributed by atoms with Gasteiger partial charge in [0, 0.05) is 25.0 Å². The van der Waals surface area contributed by atoms with Gasteiger partial charge >= 0.3 is 6.09 Å². The second-order valence-corrected chi connectivity index (χ2v) is 8.47. The van der Waals surface area contributed by atoms with Gasteiger partial charge in [0.05, 0.1) is 5.69 Å². The molecule has 1 saturated heterocycles. The lowest BCUT2D eigenvalue weighted by atomic mass is 9.91. The molecule has 2 N–H and O–H groups in total. The Morgan fingerprint density at radius 1 is 1.36 bits per heavy atom. The minimum absolute atomic E-state index is 0.201. The average Bonchev–Trinajstić information content (AvgIpc) is 3.06. The third kappa shape index (κ3) is 5.35. The number of hydrogen-bond acceptors (Lipinski definition) is 5. The first-order valence-corrected chi connectivity index (χ1v) is 10.1. The van der Waals surface area contributed by atoms with E-state index in [2.05, 4.69) is 17.3 Å². The van der Waals surface area contributed by atoms with Crippen LogP contribution in [0.5, 0.6) is 0 Å². The largest absolute Gasteiger partial charge is 0.444 e. The molecule has 152 valence electrons. The number of carbonyl (C=O) groups is 1. The van der Waals surface area contributed by atoms with E-state index in [4.69, 9.17) is 15.0 Å². The number of amides is 1. The van der Waals surface area contributed by atoms with E-state index >= 15 is 0 Å². The summed E-state index contributed by atoms with van der Waals surface area (Å²) in [5.41, 5.74) is 7.95. The third-order valence-corrected chi connectivity index (χ3v) is 5.07. The van der Waals surface area contributed by atoms with Gasteiger partial charge in [0.25, 0.3) is 0 Å². The van der Waals surface area contributed by atoms with Crippen LogP contribution in [-0.2, 0) is 11.2 Å². The maximum Gasteiger partial charge on any atom is 0.410 e. The van der Waals surface area contributed by atoms with Crippen molar-refractivity contribution in [2.75, 3.05) is 19.6 Å². The number of rotatable bonds is 5. The zero-order valence-electron chi connectivity index (χ0n) is 17.1. The topological polar surface area (TPSA) is 81.6 Å². The van der Waals surface area contributed by atoms with E-state index in [0.29, 0.717) is 12.5 Å². The van der Waals surface area contributed by atoms with Crippen LogP contribution < -0.4 is 5.73 Å². The molecule has 1 fully saturated rings. The Labute approximate surface area is 166 Å². The summed E-state index contributed by atoms with van der Waals surface area (Å²) in [7, 11) is 0. The van der Waals surface area contributed by atoms with E-state index in [-0.39, 0.29) is 6.09 Å². The fourth-order valence-corrected chi connectivity index (χ4v) is 3.57. The fraction of sp³-hybridized carbons (Fsp3) is 0.545. The molecule has 1 aliphatic rings. The van der Waals surface area contributed by atoms with Crippen LogP contribution in [0.3, 0.4) is 0 Å². The van der Waals surface area contributed by atoms with Crippen LogP contribution in [0.25, 0.3) is 17.0 Å². The summed E-state index contributed by atoms with van der Waals surface area (Å²) < 4.78 is 11.0. The van der Waals surface area contributed by atoms with Crippen molar-refractivity contribution in [2.45, 2.75) is 52.1 Å². The third-order valence-electron chi connectivity index (χ3n) is 5.07. The number of hydrogen-bond donors (Lipinski definition) is 1. The highest BCUT2D eigenvalue weighted by atomic mass is 16.6. The van der Waals surface area contributed by atoms with Gasteiger partial charge < -0.3 is 19.9 Å². The molecule has 1 amide bonds. The number of ether oxygens (including phenoxy) is 1. The van der Waals surface area contributed by atoms with E-state index in [1.54, 1.807) is 0 Å². The number of nitrogens with two attached hydrogens (primary N) is 1. The molecular weight excluding hydrogens is 354 g/mol. The maximum atomic E-state index is 12.2. The Hall–Kier alpha value is -2.34. The summed E-state index contributed by atoms with van der Waals surface area (Å²) in [5.74, 6) is 0.595. The van der Waals surface area contributed by atoms with E-state index in [1.807, 2.05) is 43.9 Å². The Balaban J connectivity index is 1.51.